The molecule has 0 fully saturated rings. The first-order chi connectivity index (χ1) is 11.9. The number of nitrogens with one attached hydrogen (secondary N) is 1. The molecule has 2 aromatic rings. The standard InChI is InChI=1S/C18H28ClN5O.HI/c1-6-20-18(24(5)12-16-10-15(19)11-23(16)4)21-9-7-8-17-13(2)22-25-14(17)3;/h10-11H,6-9,12H2,1-5H3,(H,20,21);1H. The summed E-state index contributed by atoms with van der Waals surface area (Å²) in [6.07, 6.45) is 3.81. The molecule has 1 N–H and O–H groups in total. The van der Waals surface area contributed by atoms with Crippen molar-refractivity contribution in [2.75, 3.05) is 20.1 Å². The smallest absolute Gasteiger partial charge is 0.194 e. The fourth-order valence-corrected chi connectivity index (χ4v) is 3.08. The molecule has 0 aliphatic heterocycles. The summed E-state index contributed by atoms with van der Waals surface area (Å²) in [5.74, 6) is 1.81. The molecular formula is C18H29ClIN5O. The second kappa shape index (κ2) is 10.8. The molecule has 146 valence electrons. The average molecular weight is 494 g/mol. The molecule has 0 aromatic carbocycles. The van der Waals surface area contributed by atoms with Gasteiger partial charge in [0.25, 0.3) is 0 Å². The molecular weight excluding hydrogens is 465 g/mol. The highest BCUT2D eigenvalue weighted by molar-refractivity contribution is 14.0. The van der Waals surface area contributed by atoms with Gasteiger partial charge < -0.3 is 19.3 Å². The largest absolute Gasteiger partial charge is 0.361 e. The zero-order valence-electron chi connectivity index (χ0n) is 16.2. The minimum absolute atomic E-state index is 0. The molecule has 2 rings (SSSR count). The fourth-order valence-electron chi connectivity index (χ4n) is 2.81. The van der Waals surface area contributed by atoms with Crippen molar-refractivity contribution in [3.8, 4) is 0 Å². The highest BCUT2D eigenvalue weighted by Crippen LogP contribution is 2.15. The summed E-state index contributed by atoms with van der Waals surface area (Å²) < 4.78 is 7.25. The summed E-state index contributed by atoms with van der Waals surface area (Å²) >= 11 is 6.07. The molecule has 0 bridgehead atoms. The number of hydrogen-bond donors (Lipinski definition) is 1. The van der Waals surface area contributed by atoms with E-state index in [4.69, 9.17) is 21.1 Å². The number of nitrogens with zero attached hydrogens (tertiary/aromatic N) is 4. The average Bonchev–Trinajstić information content (AvgIpc) is 3.04. The molecule has 8 heteroatoms. The first-order valence-corrected chi connectivity index (χ1v) is 9.02. The maximum atomic E-state index is 6.07. The van der Waals surface area contributed by atoms with Crippen molar-refractivity contribution in [2.24, 2.45) is 12.0 Å². The van der Waals surface area contributed by atoms with Crippen molar-refractivity contribution in [3.63, 3.8) is 0 Å². The zero-order chi connectivity index (χ0) is 18.4. The minimum Gasteiger partial charge on any atom is -0.361 e. The Morgan fingerprint density at radius 3 is 2.69 bits per heavy atom. The molecule has 0 saturated heterocycles. The van der Waals surface area contributed by atoms with E-state index < -0.39 is 0 Å². The molecule has 0 saturated carbocycles. The molecule has 0 unspecified atom stereocenters. The predicted octanol–water partition coefficient (Wildman–Crippen LogP) is 3.93. The van der Waals surface area contributed by atoms with Gasteiger partial charge in [0, 0.05) is 44.6 Å². The molecule has 0 spiro atoms. The van der Waals surface area contributed by atoms with Crippen LogP contribution in [0.2, 0.25) is 5.02 Å². The van der Waals surface area contributed by atoms with Crippen molar-refractivity contribution in [1.82, 2.24) is 19.9 Å². The summed E-state index contributed by atoms with van der Waals surface area (Å²) in [5, 5.41) is 8.11. The molecule has 2 heterocycles. The molecule has 2 aromatic heterocycles. The summed E-state index contributed by atoms with van der Waals surface area (Å²) in [4.78, 5) is 6.86. The number of aryl methyl sites for hydroxylation is 3. The van der Waals surface area contributed by atoms with E-state index in [0.717, 1.165) is 60.6 Å². The van der Waals surface area contributed by atoms with Crippen LogP contribution >= 0.6 is 35.6 Å². The van der Waals surface area contributed by atoms with Crippen LogP contribution in [-0.4, -0.2) is 40.7 Å². The molecule has 0 radical (unpaired) electrons. The number of aromatic nitrogens is 2. The van der Waals surface area contributed by atoms with Crippen LogP contribution in [0.1, 0.15) is 36.1 Å². The van der Waals surface area contributed by atoms with Gasteiger partial charge in [-0.05, 0) is 39.7 Å². The first-order valence-electron chi connectivity index (χ1n) is 8.64. The summed E-state index contributed by atoms with van der Waals surface area (Å²) in [7, 11) is 4.04. The van der Waals surface area contributed by atoms with E-state index in [9.17, 15) is 0 Å². The van der Waals surface area contributed by atoms with Gasteiger partial charge in [-0.2, -0.15) is 0 Å². The highest BCUT2D eigenvalue weighted by atomic mass is 127. The van der Waals surface area contributed by atoms with Gasteiger partial charge in [0.1, 0.15) is 5.76 Å². The monoisotopic (exact) mass is 493 g/mol. The van der Waals surface area contributed by atoms with E-state index in [1.54, 1.807) is 0 Å². The number of rotatable bonds is 7. The zero-order valence-corrected chi connectivity index (χ0v) is 19.3. The van der Waals surface area contributed by atoms with Gasteiger partial charge in [0.15, 0.2) is 5.96 Å². The van der Waals surface area contributed by atoms with Crippen LogP contribution in [-0.2, 0) is 20.0 Å². The van der Waals surface area contributed by atoms with Gasteiger partial charge in [-0.15, -0.1) is 24.0 Å². The molecule has 26 heavy (non-hydrogen) atoms. The lowest BCUT2D eigenvalue weighted by atomic mass is 10.1. The van der Waals surface area contributed by atoms with E-state index in [1.165, 1.54) is 5.56 Å². The predicted molar refractivity (Wildman–Crippen MR) is 118 cm³/mol. The molecule has 0 amide bonds. The van der Waals surface area contributed by atoms with Gasteiger partial charge in [-0.1, -0.05) is 16.8 Å². The molecule has 0 aliphatic carbocycles. The van der Waals surface area contributed by atoms with Gasteiger partial charge in [-0.3, -0.25) is 4.99 Å². The van der Waals surface area contributed by atoms with Gasteiger partial charge in [0.2, 0.25) is 0 Å². The van der Waals surface area contributed by atoms with Crippen LogP contribution in [0.25, 0.3) is 0 Å². The van der Waals surface area contributed by atoms with E-state index >= 15 is 0 Å². The second-order valence-electron chi connectivity index (χ2n) is 6.26. The Morgan fingerprint density at radius 2 is 2.15 bits per heavy atom. The second-order valence-corrected chi connectivity index (χ2v) is 6.69. The number of aliphatic imine (C=N–C) groups is 1. The van der Waals surface area contributed by atoms with Gasteiger partial charge in [0.05, 0.1) is 17.3 Å². The molecule has 0 atom stereocenters. The van der Waals surface area contributed by atoms with Gasteiger partial charge >= 0.3 is 0 Å². The molecule has 6 nitrogen and oxygen atoms in total. The van der Waals surface area contributed by atoms with Crippen LogP contribution in [0.5, 0.6) is 0 Å². The van der Waals surface area contributed by atoms with E-state index in [1.807, 2.05) is 44.8 Å². The number of halogens is 2. The third kappa shape index (κ3) is 6.19. The fraction of sp³-hybridized carbons (Fsp3) is 0.556. The van der Waals surface area contributed by atoms with Crippen molar-refractivity contribution in [3.05, 3.63) is 40.0 Å². The van der Waals surface area contributed by atoms with Crippen LogP contribution in [0.4, 0.5) is 0 Å². The topological polar surface area (TPSA) is 58.6 Å². The van der Waals surface area contributed by atoms with E-state index in [-0.39, 0.29) is 24.0 Å². The van der Waals surface area contributed by atoms with Crippen molar-refractivity contribution < 1.29 is 4.52 Å². The summed E-state index contributed by atoms with van der Waals surface area (Å²) in [6, 6.07) is 1.99. The van der Waals surface area contributed by atoms with Crippen LogP contribution in [0.3, 0.4) is 0 Å². The first kappa shape index (κ1) is 22.8. The Balaban J connectivity index is 0.00000338. The van der Waals surface area contributed by atoms with Crippen LogP contribution in [0.15, 0.2) is 21.8 Å². The van der Waals surface area contributed by atoms with E-state index in [0.29, 0.717) is 0 Å². The SMILES string of the molecule is CCNC(=NCCCc1c(C)noc1C)N(C)Cc1cc(Cl)cn1C.I. The van der Waals surface area contributed by atoms with Crippen LogP contribution < -0.4 is 5.32 Å². The minimum atomic E-state index is 0. The summed E-state index contributed by atoms with van der Waals surface area (Å²) in [6.45, 7) is 8.36. The van der Waals surface area contributed by atoms with Crippen LogP contribution in [0, 0.1) is 13.8 Å². The third-order valence-corrected chi connectivity index (χ3v) is 4.40. The lowest BCUT2D eigenvalue weighted by molar-refractivity contribution is 0.392. The maximum Gasteiger partial charge on any atom is 0.194 e. The van der Waals surface area contributed by atoms with Crippen molar-refractivity contribution in [1.29, 1.82) is 0 Å². The number of hydrogen-bond acceptors (Lipinski definition) is 3. The number of guanidine groups is 1. The Morgan fingerprint density at radius 1 is 1.42 bits per heavy atom. The lowest BCUT2D eigenvalue weighted by Gasteiger charge is -2.22. The summed E-state index contributed by atoms with van der Waals surface area (Å²) in [5.41, 5.74) is 3.33. The lowest BCUT2D eigenvalue weighted by Crippen LogP contribution is -2.38. The Bertz CT molecular complexity index is 706. The quantitative estimate of drug-likeness (QED) is 0.275. The Hall–Kier alpha value is -1.22. The van der Waals surface area contributed by atoms with E-state index in [2.05, 4.69) is 22.3 Å². The normalized spacial score (nSPS) is 11.4. The van der Waals surface area contributed by atoms with Crippen molar-refractivity contribution >= 4 is 41.5 Å². The van der Waals surface area contributed by atoms with Crippen molar-refractivity contribution in [2.45, 2.75) is 40.2 Å². The maximum absolute atomic E-state index is 6.07. The highest BCUT2D eigenvalue weighted by Gasteiger charge is 2.11. The Kier molecular flexibility index (Phi) is 9.49. The molecule has 0 aliphatic rings. The Labute approximate surface area is 178 Å². The third-order valence-electron chi connectivity index (χ3n) is 4.20. The van der Waals surface area contributed by atoms with Gasteiger partial charge in [-0.25, -0.2) is 0 Å².